The molecule has 1 aromatic rings. The van der Waals surface area contributed by atoms with E-state index >= 15 is 0 Å². The summed E-state index contributed by atoms with van der Waals surface area (Å²) in [7, 11) is 0. The average molecular weight is 317 g/mol. The first-order valence-electron chi connectivity index (χ1n) is 8.21. The fourth-order valence-electron chi connectivity index (χ4n) is 4.02. The number of halogens is 1. The number of carbonyl (C=O) groups is 2. The zero-order valence-electron chi connectivity index (χ0n) is 12.9. The second-order valence-corrected chi connectivity index (χ2v) is 6.60. The maximum absolute atomic E-state index is 13.3. The van der Waals surface area contributed by atoms with Crippen LogP contribution in [-0.4, -0.2) is 64.8 Å². The highest BCUT2D eigenvalue weighted by Crippen LogP contribution is 2.29. The van der Waals surface area contributed by atoms with Crippen molar-refractivity contribution in [2.45, 2.75) is 31.5 Å². The Morgan fingerprint density at radius 3 is 2.65 bits per heavy atom. The quantitative estimate of drug-likeness (QED) is 0.812. The zero-order valence-corrected chi connectivity index (χ0v) is 12.9. The molecule has 0 spiro atoms. The molecule has 0 N–H and O–H groups in total. The SMILES string of the molecule is O=C1[C@@H]2CCCN2C(=O)[C@H]2CN(Cc3cccc(F)c3)CCN12. The lowest BCUT2D eigenvalue weighted by molar-refractivity contribution is -0.163. The summed E-state index contributed by atoms with van der Waals surface area (Å²) in [5, 5.41) is 0. The van der Waals surface area contributed by atoms with Crippen molar-refractivity contribution in [3.63, 3.8) is 0 Å². The van der Waals surface area contributed by atoms with Crippen molar-refractivity contribution in [1.82, 2.24) is 14.7 Å². The summed E-state index contributed by atoms with van der Waals surface area (Å²) >= 11 is 0. The highest BCUT2D eigenvalue weighted by Gasteiger charge is 2.49. The predicted molar refractivity (Wildman–Crippen MR) is 81.9 cm³/mol. The molecule has 1 aromatic carbocycles. The molecule has 6 heteroatoms. The van der Waals surface area contributed by atoms with E-state index in [0.29, 0.717) is 26.2 Å². The molecule has 3 heterocycles. The number of hydrogen-bond donors (Lipinski definition) is 0. The maximum atomic E-state index is 13.3. The van der Waals surface area contributed by atoms with Gasteiger partial charge < -0.3 is 9.80 Å². The molecule has 0 unspecified atom stereocenters. The summed E-state index contributed by atoms with van der Waals surface area (Å²) in [6.45, 7) is 3.13. The van der Waals surface area contributed by atoms with E-state index in [0.717, 1.165) is 24.9 Å². The van der Waals surface area contributed by atoms with Crippen molar-refractivity contribution in [2.24, 2.45) is 0 Å². The fraction of sp³-hybridized carbons (Fsp3) is 0.529. The van der Waals surface area contributed by atoms with Gasteiger partial charge in [0, 0.05) is 32.7 Å². The minimum absolute atomic E-state index is 0.0797. The van der Waals surface area contributed by atoms with Crippen molar-refractivity contribution in [2.75, 3.05) is 26.2 Å². The van der Waals surface area contributed by atoms with E-state index < -0.39 is 0 Å². The monoisotopic (exact) mass is 317 g/mol. The minimum Gasteiger partial charge on any atom is -0.329 e. The van der Waals surface area contributed by atoms with Crippen LogP contribution in [-0.2, 0) is 16.1 Å². The van der Waals surface area contributed by atoms with Crippen molar-refractivity contribution in [3.8, 4) is 0 Å². The van der Waals surface area contributed by atoms with Crippen LogP contribution >= 0.6 is 0 Å². The van der Waals surface area contributed by atoms with Crippen molar-refractivity contribution < 1.29 is 14.0 Å². The highest BCUT2D eigenvalue weighted by molar-refractivity contribution is 5.97. The third kappa shape index (κ3) is 2.51. The predicted octanol–water partition coefficient (Wildman–Crippen LogP) is 0.843. The molecule has 0 aromatic heterocycles. The van der Waals surface area contributed by atoms with Crippen LogP contribution in [0.2, 0.25) is 0 Å². The molecule has 3 aliphatic rings. The van der Waals surface area contributed by atoms with Gasteiger partial charge in [0.15, 0.2) is 0 Å². The number of amides is 2. The number of hydrogen-bond acceptors (Lipinski definition) is 3. The van der Waals surface area contributed by atoms with E-state index in [2.05, 4.69) is 4.90 Å². The first-order valence-corrected chi connectivity index (χ1v) is 8.21. The largest absolute Gasteiger partial charge is 0.329 e. The van der Waals surface area contributed by atoms with Gasteiger partial charge in [0.05, 0.1) is 0 Å². The molecular formula is C17H20FN3O2. The summed E-state index contributed by atoms with van der Waals surface area (Å²) in [5.41, 5.74) is 0.895. The lowest BCUT2D eigenvalue weighted by atomic mass is 10.0. The third-order valence-electron chi connectivity index (χ3n) is 5.15. The van der Waals surface area contributed by atoms with E-state index in [9.17, 15) is 14.0 Å². The molecular weight excluding hydrogens is 297 g/mol. The Bertz CT molecular complexity index is 650. The molecule has 122 valence electrons. The molecule has 4 rings (SSSR count). The van der Waals surface area contributed by atoms with Crippen LogP contribution in [0.4, 0.5) is 4.39 Å². The molecule has 0 radical (unpaired) electrons. The Kier molecular flexibility index (Phi) is 3.56. The van der Waals surface area contributed by atoms with E-state index in [-0.39, 0.29) is 29.7 Å². The van der Waals surface area contributed by atoms with Crippen LogP contribution in [0.1, 0.15) is 18.4 Å². The fourth-order valence-corrected chi connectivity index (χ4v) is 4.02. The maximum Gasteiger partial charge on any atom is 0.247 e. The smallest absolute Gasteiger partial charge is 0.247 e. The number of benzene rings is 1. The van der Waals surface area contributed by atoms with E-state index in [1.165, 1.54) is 12.1 Å². The third-order valence-corrected chi connectivity index (χ3v) is 5.15. The van der Waals surface area contributed by atoms with Crippen molar-refractivity contribution in [3.05, 3.63) is 35.6 Å². The van der Waals surface area contributed by atoms with Crippen LogP contribution in [0, 0.1) is 5.82 Å². The van der Waals surface area contributed by atoms with Gasteiger partial charge in [-0.15, -0.1) is 0 Å². The van der Waals surface area contributed by atoms with Crippen LogP contribution in [0.15, 0.2) is 24.3 Å². The van der Waals surface area contributed by atoms with Gasteiger partial charge in [-0.2, -0.15) is 0 Å². The van der Waals surface area contributed by atoms with Crippen molar-refractivity contribution >= 4 is 11.8 Å². The van der Waals surface area contributed by atoms with Gasteiger partial charge in [-0.1, -0.05) is 12.1 Å². The minimum atomic E-state index is -0.376. The Labute approximate surface area is 134 Å². The Hall–Kier alpha value is -1.95. The molecule has 3 fully saturated rings. The van der Waals surface area contributed by atoms with Gasteiger partial charge in [-0.05, 0) is 30.5 Å². The molecule has 5 nitrogen and oxygen atoms in total. The lowest BCUT2D eigenvalue weighted by Crippen LogP contribution is -2.68. The number of piperazine rings is 2. The van der Waals surface area contributed by atoms with Crippen LogP contribution in [0.3, 0.4) is 0 Å². The molecule has 0 bridgehead atoms. The van der Waals surface area contributed by atoms with Crippen molar-refractivity contribution in [1.29, 1.82) is 0 Å². The number of rotatable bonds is 2. The summed E-state index contributed by atoms with van der Waals surface area (Å²) < 4.78 is 13.3. The zero-order chi connectivity index (χ0) is 16.0. The summed E-state index contributed by atoms with van der Waals surface area (Å²) in [4.78, 5) is 30.9. The summed E-state index contributed by atoms with van der Waals surface area (Å²) in [5.74, 6) is -0.0569. The molecule has 3 aliphatic heterocycles. The van der Waals surface area contributed by atoms with Crippen LogP contribution in [0.5, 0.6) is 0 Å². The molecule has 2 atom stereocenters. The summed E-state index contributed by atoms with van der Waals surface area (Å²) in [6.07, 6.45) is 1.70. The molecule has 0 aliphatic carbocycles. The van der Waals surface area contributed by atoms with Gasteiger partial charge in [0.1, 0.15) is 17.9 Å². The number of nitrogens with zero attached hydrogens (tertiary/aromatic N) is 3. The Morgan fingerprint density at radius 2 is 1.83 bits per heavy atom. The van der Waals surface area contributed by atoms with Crippen LogP contribution < -0.4 is 0 Å². The Morgan fingerprint density at radius 1 is 1.04 bits per heavy atom. The number of carbonyl (C=O) groups excluding carboxylic acids is 2. The molecule has 2 amide bonds. The highest BCUT2D eigenvalue weighted by atomic mass is 19.1. The normalized spacial score (nSPS) is 28.0. The van der Waals surface area contributed by atoms with Gasteiger partial charge in [-0.25, -0.2) is 4.39 Å². The average Bonchev–Trinajstić information content (AvgIpc) is 3.03. The number of fused-ring (bicyclic) bond motifs is 2. The first kappa shape index (κ1) is 14.6. The van der Waals surface area contributed by atoms with Gasteiger partial charge in [-0.3, -0.25) is 14.5 Å². The van der Waals surface area contributed by atoms with E-state index in [4.69, 9.17) is 0 Å². The van der Waals surface area contributed by atoms with Gasteiger partial charge in [0.25, 0.3) is 0 Å². The van der Waals surface area contributed by atoms with E-state index in [1.54, 1.807) is 15.9 Å². The Balaban J connectivity index is 1.49. The van der Waals surface area contributed by atoms with Gasteiger partial charge >= 0.3 is 0 Å². The second kappa shape index (κ2) is 5.60. The standard InChI is InChI=1S/C17H20FN3O2/c18-13-4-1-3-12(9-13)10-19-7-8-21-15(11-19)17(23)20-6-2-5-14(20)16(21)22/h1,3-4,9,14-15H,2,5-8,10-11H2/t14-,15+/m0/s1. The van der Waals surface area contributed by atoms with E-state index in [1.807, 2.05) is 6.07 Å². The molecule has 3 saturated heterocycles. The molecule has 0 saturated carbocycles. The topological polar surface area (TPSA) is 43.9 Å². The first-order chi connectivity index (χ1) is 11.1. The summed E-state index contributed by atoms with van der Waals surface area (Å²) in [6, 6.07) is 5.94. The van der Waals surface area contributed by atoms with Crippen LogP contribution in [0.25, 0.3) is 0 Å². The van der Waals surface area contributed by atoms with Gasteiger partial charge in [0.2, 0.25) is 11.8 Å². The molecule has 23 heavy (non-hydrogen) atoms. The second-order valence-electron chi connectivity index (χ2n) is 6.60. The lowest BCUT2D eigenvalue weighted by Gasteiger charge is -2.47.